The van der Waals surface area contributed by atoms with Gasteiger partial charge in [-0.25, -0.2) is 0 Å². The highest BCUT2D eigenvalue weighted by Crippen LogP contribution is 2.06. The second-order valence-corrected chi connectivity index (χ2v) is 4.68. The summed E-state index contributed by atoms with van der Waals surface area (Å²) in [6.07, 6.45) is 1.47. The summed E-state index contributed by atoms with van der Waals surface area (Å²) in [5, 5.41) is 2.58. The quantitative estimate of drug-likeness (QED) is 0.733. The van der Waals surface area contributed by atoms with E-state index in [1.165, 1.54) is 12.3 Å². The molecule has 7 nitrogen and oxygen atoms in total. The topological polar surface area (TPSA) is 85.5 Å². The van der Waals surface area contributed by atoms with Crippen molar-refractivity contribution in [2.45, 2.75) is 0 Å². The van der Waals surface area contributed by atoms with Gasteiger partial charge in [-0.2, -0.15) is 0 Å². The van der Waals surface area contributed by atoms with Crippen LogP contribution in [0.1, 0.15) is 10.4 Å². The van der Waals surface area contributed by atoms with Crippen LogP contribution < -0.4 is 10.9 Å². The van der Waals surface area contributed by atoms with Crippen molar-refractivity contribution in [1.82, 2.24) is 20.1 Å². The first-order valence-corrected chi connectivity index (χ1v) is 6.51. The zero-order valence-electron chi connectivity index (χ0n) is 11.4. The summed E-state index contributed by atoms with van der Waals surface area (Å²) in [4.78, 5) is 40.9. The van der Waals surface area contributed by atoms with Crippen LogP contribution in [0.4, 0.5) is 0 Å². The summed E-state index contributed by atoms with van der Waals surface area (Å²) in [7, 11) is 1.61. The van der Waals surface area contributed by atoms with Gasteiger partial charge >= 0.3 is 0 Å². The minimum atomic E-state index is -0.283. The zero-order valence-corrected chi connectivity index (χ0v) is 11.4. The van der Waals surface area contributed by atoms with Gasteiger partial charge < -0.3 is 15.2 Å². The maximum atomic E-state index is 12.2. The lowest BCUT2D eigenvalue weighted by atomic mass is 10.2. The highest BCUT2D eigenvalue weighted by molar-refractivity contribution is 5.94. The number of H-pyrrole nitrogens is 1. The molecule has 2 heterocycles. The second-order valence-electron chi connectivity index (χ2n) is 4.68. The molecule has 20 heavy (non-hydrogen) atoms. The van der Waals surface area contributed by atoms with Crippen molar-refractivity contribution in [2.24, 2.45) is 0 Å². The molecule has 108 valence electrons. The van der Waals surface area contributed by atoms with Crippen LogP contribution >= 0.6 is 0 Å². The van der Waals surface area contributed by atoms with Gasteiger partial charge in [0.2, 0.25) is 11.5 Å². The largest absolute Gasteiger partial charge is 0.358 e. The maximum absolute atomic E-state index is 12.2. The number of carbonyl (C=O) groups excluding carboxylic acids is 2. The molecule has 1 aliphatic rings. The van der Waals surface area contributed by atoms with Crippen molar-refractivity contribution in [3.05, 3.63) is 34.2 Å². The smallest absolute Gasteiger partial charge is 0.254 e. The molecule has 0 bridgehead atoms. The van der Waals surface area contributed by atoms with Gasteiger partial charge in [-0.05, 0) is 6.07 Å². The van der Waals surface area contributed by atoms with Crippen LogP contribution in [0, 0.1) is 0 Å². The van der Waals surface area contributed by atoms with E-state index in [0.717, 1.165) is 0 Å². The molecule has 1 aliphatic heterocycles. The first-order valence-electron chi connectivity index (χ1n) is 6.51. The van der Waals surface area contributed by atoms with Crippen molar-refractivity contribution in [1.29, 1.82) is 0 Å². The number of hydrogen-bond acceptors (Lipinski definition) is 4. The number of pyridine rings is 1. The van der Waals surface area contributed by atoms with Gasteiger partial charge in [0, 0.05) is 51.1 Å². The minimum Gasteiger partial charge on any atom is -0.358 e. The Labute approximate surface area is 116 Å². The Morgan fingerprint density at radius 2 is 2.00 bits per heavy atom. The van der Waals surface area contributed by atoms with E-state index in [1.54, 1.807) is 18.0 Å². The Hall–Kier alpha value is -2.15. The van der Waals surface area contributed by atoms with E-state index < -0.39 is 0 Å². The van der Waals surface area contributed by atoms with Crippen molar-refractivity contribution in [3.63, 3.8) is 0 Å². The van der Waals surface area contributed by atoms with Crippen LogP contribution in [0.2, 0.25) is 0 Å². The fraction of sp³-hybridized carbons (Fsp3) is 0.462. The number of likely N-dealkylation sites (N-methyl/N-ethyl adjacent to an activating group) is 1. The Balaban J connectivity index is 1.92. The molecule has 2 rings (SSSR count). The highest BCUT2D eigenvalue weighted by Gasteiger charge is 2.23. The van der Waals surface area contributed by atoms with Crippen molar-refractivity contribution in [3.8, 4) is 0 Å². The molecule has 0 spiro atoms. The van der Waals surface area contributed by atoms with Gasteiger partial charge in [-0.15, -0.1) is 0 Å². The highest BCUT2D eigenvalue weighted by atomic mass is 16.2. The number of amides is 2. The summed E-state index contributed by atoms with van der Waals surface area (Å²) in [5.41, 5.74) is 0.114. The lowest BCUT2D eigenvalue weighted by molar-refractivity contribution is -0.122. The fourth-order valence-electron chi connectivity index (χ4n) is 2.15. The standard InChI is InChI=1S/C13H18N4O3/c1-14-12(19)9-16-4-6-17(7-5-16)13(20)10-2-3-15-11(18)8-10/h2-3,8H,4-7,9H2,1H3,(H,14,19)(H,15,18). The Morgan fingerprint density at radius 3 is 2.60 bits per heavy atom. The first kappa shape index (κ1) is 14.3. The van der Waals surface area contributed by atoms with Crippen LogP contribution in [-0.2, 0) is 4.79 Å². The number of aromatic nitrogens is 1. The van der Waals surface area contributed by atoms with E-state index >= 15 is 0 Å². The first-order chi connectivity index (χ1) is 9.60. The van der Waals surface area contributed by atoms with E-state index in [1.807, 2.05) is 4.90 Å². The van der Waals surface area contributed by atoms with Crippen LogP contribution in [0.15, 0.2) is 23.1 Å². The molecule has 0 atom stereocenters. The van der Waals surface area contributed by atoms with E-state index in [-0.39, 0.29) is 17.4 Å². The number of piperazine rings is 1. The van der Waals surface area contributed by atoms with Gasteiger partial charge in [0.05, 0.1) is 6.54 Å². The maximum Gasteiger partial charge on any atom is 0.254 e. The summed E-state index contributed by atoms with van der Waals surface area (Å²) < 4.78 is 0. The van der Waals surface area contributed by atoms with E-state index in [0.29, 0.717) is 38.3 Å². The van der Waals surface area contributed by atoms with Crippen molar-refractivity contribution in [2.75, 3.05) is 39.8 Å². The second kappa shape index (κ2) is 6.33. The van der Waals surface area contributed by atoms with Crippen LogP contribution in [0.25, 0.3) is 0 Å². The molecular formula is C13H18N4O3. The van der Waals surface area contributed by atoms with Crippen LogP contribution in [-0.4, -0.2) is 66.4 Å². The van der Waals surface area contributed by atoms with E-state index in [2.05, 4.69) is 10.3 Å². The Morgan fingerprint density at radius 1 is 1.30 bits per heavy atom. The third-order valence-corrected chi connectivity index (χ3v) is 3.33. The molecule has 0 aromatic carbocycles. The molecule has 2 amide bonds. The molecule has 0 saturated carbocycles. The third-order valence-electron chi connectivity index (χ3n) is 3.33. The molecule has 2 N–H and O–H groups in total. The average Bonchev–Trinajstić information content (AvgIpc) is 2.47. The van der Waals surface area contributed by atoms with Gasteiger partial charge in [0.15, 0.2) is 0 Å². The lowest BCUT2D eigenvalue weighted by Gasteiger charge is -2.34. The number of hydrogen-bond donors (Lipinski definition) is 2. The van der Waals surface area contributed by atoms with Gasteiger partial charge in [-0.1, -0.05) is 0 Å². The van der Waals surface area contributed by atoms with Gasteiger partial charge in [0.1, 0.15) is 0 Å². The SMILES string of the molecule is CNC(=O)CN1CCN(C(=O)c2cc[nH]c(=O)c2)CC1. The van der Waals surface area contributed by atoms with E-state index in [9.17, 15) is 14.4 Å². The number of carbonyl (C=O) groups is 2. The molecule has 0 aliphatic carbocycles. The summed E-state index contributed by atoms with van der Waals surface area (Å²) in [5.74, 6) is -0.171. The predicted molar refractivity (Wildman–Crippen MR) is 73.5 cm³/mol. The number of nitrogens with one attached hydrogen (secondary N) is 2. The van der Waals surface area contributed by atoms with Crippen LogP contribution in [0.5, 0.6) is 0 Å². The molecule has 0 radical (unpaired) electrons. The number of aromatic amines is 1. The molecule has 1 aromatic rings. The van der Waals surface area contributed by atoms with E-state index in [4.69, 9.17) is 0 Å². The zero-order chi connectivity index (χ0) is 14.5. The molecule has 1 saturated heterocycles. The molecule has 7 heteroatoms. The fourth-order valence-corrected chi connectivity index (χ4v) is 2.15. The summed E-state index contributed by atoms with van der Waals surface area (Å²) in [6.45, 7) is 2.78. The van der Waals surface area contributed by atoms with Crippen molar-refractivity contribution >= 4 is 11.8 Å². The summed E-state index contributed by atoms with van der Waals surface area (Å²) >= 11 is 0. The van der Waals surface area contributed by atoms with Crippen LogP contribution in [0.3, 0.4) is 0 Å². The summed E-state index contributed by atoms with van der Waals surface area (Å²) in [6, 6.07) is 2.90. The third kappa shape index (κ3) is 3.45. The molecular weight excluding hydrogens is 260 g/mol. The molecule has 1 fully saturated rings. The molecule has 1 aromatic heterocycles. The normalized spacial score (nSPS) is 15.9. The predicted octanol–water partition coefficient (Wildman–Crippen LogP) is -1.12. The average molecular weight is 278 g/mol. The Bertz CT molecular complexity index is 547. The Kier molecular flexibility index (Phi) is 4.52. The molecule has 0 unspecified atom stereocenters. The van der Waals surface area contributed by atoms with Crippen molar-refractivity contribution < 1.29 is 9.59 Å². The van der Waals surface area contributed by atoms with Gasteiger partial charge in [-0.3, -0.25) is 19.3 Å². The lowest BCUT2D eigenvalue weighted by Crippen LogP contribution is -2.51. The monoisotopic (exact) mass is 278 g/mol. The minimum absolute atomic E-state index is 0.0284. The number of rotatable bonds is 3. The van der Waals surface area contributed by atoms with Gasteiger partial charge in [0.25, 0.3) is 5.91 Å². The number of nitrogens with zero attached hydrogens (tertiary/aromatic N) is 2.